The number of ether oxygens (including phenoxy) is 2. The number of aromatic nitrogens is 2. The zero-order valence-electron chi connectivity index (χ0n) is 10.8. The SMILES string of the molecule is CN.c1nonc1C1=Nc2cc3c(cc2NC1)OCO3. The number of benzene rings is 1. The summed E-state index contributed by atoms with van der Waals surface area (Å²) in [5.74, 6) is 1.45. The molecule has 3 heterocycles. The molecule has 8 heteroatoms. The fraction of sp³-hybridized carbons (Fsp3) is 0.250. The van der Waals surface area contributed by atoms with Crippen molar-refractivity contribution < 1.29 is 14.1 Å². The van der Waals surface area contributed by atoms with Crippen LogP contribution in [0.5, 0.6) is 11.5 Å². The molecule has 0 unspecified atom stereocenters. The average molecular weight is 275 g/mol. The normalized spacial score (nSPS) is 14.6. The lowest BCUT2D eigenvalue weighted by Gasteiger charge is -2.16. The third-order valence-corrected chi connectivity index (χ3v) is 2.85. The number of aliphatic imine (C=N–C) groups is 1. The second-order valence-corrected chi connectivity index (χ2v) is 3.93. The second-order valence-electron chi connectivity index (χ2n) is 3.93. The Labute approximate surface area is 114 Å². The summed E-state index contributed by atoms with van der Waals surface area (Å²) in [6.45, 7) is 0.822. The van der Waals surface area contributed by atoms with E-state index < -0.39 is 0 Å². The topological polar surface area (TPSA) is 108 Å². The van der Waals surface area contributed by atoms with Crippen molar-refractivity contribution >= 4 is 17.1 Å². The number of rotatable bonds is 1. The van der Waals surface area contributed by atoms with Crippen molar-refractivity contribution in [2.24, 2.45) is 10.7 Å². The summed E-state index contributed by atoms with van der Waals surface area (Å²) < 4.78 is 15.2. The minimum absolute atomic E-state index is 0.252. The number of nitrogens with one attached hydrogen (secondary N) is 1. The van der Waals surface area contributed by atoms with Crippen molar-refractivity contribution in [3.05, 3.63) is 24.0 Å². The molecule has 0 fully saturated rings. The molecule has 2 aliphatic heterocycles. The van der Waals surface area contributed by atoms with E-state index in [1.165, 1.54) is 7.05 Å². The first-order chi connectivity index (χ1) is 9.90. The second kappa shape index (κ2) is 5.17. The highest BCUT2D eigenvalue weighted by atomic mass is 16.7. The van der Waals surface area contributed by atoms with Crippen molar-refractivity contribution in [2.45, 2.75) is 0 Å². The first-order valence-corrected chi connectivity index (χ1v) is 6.01. The monoisotopic (exact) mass is 275 g/mol. The number of anilines is 1. The molecule has 0 bridgehead atoms. The molecule has 0 spiro atoms. The fourth-order valence-electron chi connectivity index (χ4n) is 1.97. The Morgan fingerprint density at radius 2 is 2.00 bits per heavy atom. The summed E-state index contributed by atoms with van der Waals surface area (Å²) in [4.78, 5) is 4.52. The van der Waals surface area contributed by atoms with Crippen molar-refractivity contribution in [3.63, 3.8) is 0 Å². The molecule has 3 N–H and O–H groups in total. The summed E-state index contributed by atoms with van der Waals surface area (Å²) in [6, 6.07) is 3.73. The Hall–Kier alpha value is -2.61. The van der Waals surface area contributed by atoms with Crippen molar-refractivity contribution in [1.29, 1.82) is 0 Å². The smallest absolute Gasteiger partial charge is 0.231 e. The highest BCUT2D eigenvalue weighted by molar-refractivity contribution is 6.05. The van der Waals surface area contributed by atoms with E-state index in [4.69, 9.17) is 9.47 Å². The maximum Gasteiger partial charge on any atom is 0.231 e. The summed E-state index contributed by atoms with van der Waals surface area (Å²) >= 11 is 0. The highest BCUT2D eigenvalue weighted by Gasteiger charge is 2.21. The van der Waals surface area contributed by atoms with Gasteiger partial charge < -0.3 is 20.5 Å². The van der Waals surface area contributed by atoms with E-state index in [9.17, 15) is 0 Å². The summed E-state index contributed by atoms with van der Waals surface area (Å²) in [6.07, 6.45) is 1.54. The largest absolute Gasteiger partial charge is 0.454 e. The van der Waals surface area contributed by atoms with Crippen LogP contribution >= 0.6 is 0 Å². The number of hydrogen-bond donors (Lipinski definition) is 2. The lowest BCUT2D eigenvalue weighted by atomic mass is 10.1. The summed E-state index contributed by atoms with van der Waals surface area (Å²) in [5.41, 5.74) is 7.62. The van der Waals surface area contributed by atoms with Gasteiger partial charge in [-0.1, -0.05) is 5.16 Å². The van der Waals surface area contributed by atoms with E-state index in [0.29, 0.717) is 18.0 Å². The minimum Gasteiger partial charge on any atom is -0.454 e. The van der Waals surface area contributed by atoms with Crippen LogP contribution < -0.4 is 20.5 Å². The van der Waals surface area contributed by atoms with Crippen LogP contribution in [-0.4, -0.2) is 36.4 Å². The maximum atomic E-state index is 5.32. The Kier molecular flexibility index (Phi) is 3.21. The van der Waals surface area contributed by atoms with Gasteiger partial charge in [-0.3, -0.25) is 0 Å². The zero-order valence-corrected chi connectivity index (χ0v) is 10.8. The molecule has 2 aromatic rings. The molecular weight excluding hydrogens is 262 g/mol. The quantitative estimate of drug-likeness (QED) is 0.796. The van der Waals surface area contributed by atoms with Crippen LogP contribution in [0.15, 0.2) is 28.0 Å². The van der Waals surface area contributed by atoms with Gasteiger partial charge in [0.25, 0.3) is 0 Å². The first kappa shape index (κ1) is 12.4. The number of fused-ring (bicyclic) bond motifs is 2. The van der Waals surface area contributed by atoms with Crippen LogP contribution in [0.25, 0.3) is 0 Å². The molecule has 104 valence electrons. The van der Waals surface area contributed by atoms with Crippen LogP contribution in [0.2, 0.25) is 0 Å². The van der Waals surface area contributed by atoms with Crippen LogP contribution in [0.4, 0.5) is 11.4 Å². The molecule has 1 aromatic heterocycles. The molecule has 1 aromatic carbocycles. The Morgan fingerprint density at radius 1 is 1.20 bits per heavy atom. The van der Waals surface area contributed by atoms with E-state index in [1.807, 2.05) is 12.1 Å². The Bertz CT molecular complexity index is 639. The first-order valence-electron chi connectivity index (χ1n) is 6.01. The predicted molar refractivity (Wildman–Crippen MR) is 71.7 cm³/mol. The van der Waals surface area contributed by atoms with Gasteiger partial charge in [0.2, 0.25) is 6.79 Å². The van der Waals surface area contributed by atoms with Crippen molar-refractivity contribution in [3.8, 4) is 11.5 Å². The molecular formula is C12H13N5O3. The Morgan fingerprint density at radius 3 is 2.75 bits per heavy atom. The van der Waals surface area contributed by atoms with Gasteiger partial charge >= 0.3 is 0 Å². The van der Waals surface area contributed by atoms with E-state index in [1.54, 1.807) is 6.20 Å². The van der Waals surface area contributed by atoms with Gasteiger partial charge in [0, 0.05) is 12.1 Å². The third kappa shape index (κ3) is 2.05. The molecule has 0 atom stereocenters. The van der Waals surface area contributed by atoms with E-state index in [0.717, 1.165) is 22.8 Å². The molecule has 8 nitrogen and oxygen atoms in total. The van der Waals surface area contributed by atoms with E-state index >= 15 is 0 Å². The average Bonchev–Trinajstić information content (AvgIpc) is 3.17. The van der Waals surface area contributed by atoms with Gasteiger partial charge in [0.05, 0.1) is 23.6 Å². The molecule has 2 aliphatic rings. The van der Waals surface area contributed by atoms with E-state index in [2.05, 4.69) is 31.0 Å². The lowest BCUT2D eigenvalue weighted by Crippen LogP contribution is -2.18. The van der Waals surface area contributed by atoms with Crippen molar-refractivity contribution in [1.82, 2.24) is 10.3 Å². The lowest BCUT2D eigenvalue weighted by molar-refractivity contribution is 0.174. The molecule has 0 radical (unpaired) electrons. The standard InChI is InChI=1S/C11H8N4O3.CH5N/c1-6-7(2-11-10(1)16-5-17-11)14-8(3-12-6)9-4-13-18-15-9;1-2/h1-2,4,12H,3,5H2;2H2,1H3. The van der Waals surface area contributed by atoms with Gasteiger partial charge in [-0.2, -0.15) is 0 Å². The summed E-state index contributed by atoms with van der Waals surface area (Å²) in [5, 5.41) is 10.6. The number of hydrogen-bond acceptors (Lipinski definition) is 8. The zero-order chi connectivity index (χ0) is 13.9. The summed E-state index contributed by atoms with van der Waals surface area (Å²) in [7, 11) is 1.50. The molecule has 0 aliphatic carbocycles. The van der Waals surface area contributed by atoms with Gasteiger partial charge in [-0.05, 0) is 12.2 Å². The Balaban J connectivity index is 0.000000581. The predicted octanol–water partition coefficient (Wildman–Crippen LogP) is 0.919. The third-order valence-electron chi connectivity index (χ3n) is 2.85. The van der Waals surface area contributed by atoms with Crippen LogP contribution in [-0.2, 0) is 0 Å². The van der Waals surface area contributed by atoms with Crippen LogP contribution in [0.3, 0.4) is 0 Å². The molecule has 4 rings (SSSR count). The van der Waals surface area contributed by atoms with Gasteiger partial charge in [0.1, 0.15) is 6.20 Å². The fourth-order valence-corrected chi connectivity index (χ4v) is 1.97. The van der Waals surface area contributed by atoms with E-state index in [-0.39, 0.29) is 6.79 Å². The van der Waals surface area contributed by atoms with Gasteiger partial charge in [0.15, 0.2) is 17.2 Å². The maximum absolute atomic E-state index is 5.32. The highest BCUT2D eigenvalue weighted by Crippen LogP contribution is 2.42. The van der Waals surface area contributed by atoms with Crippen LogP contribution in [0.1, 0.15) is 5.69 Å². The molecule has 0 saturated carbocycles. The van der Waals surface area contributed by atoms with Crippen molar-refractivity contribution in [2.75, 3.05) is 25.7 Å². The van der Waals surface area contributed by atoms with Gasteiger partial charge in [-0.15, -0.1) is 0 Å². The number of nitrogens with zero attached hydrogens (tertiary/aromatic N) is 3. The molecule has 0 saturated heterocycles. The molecule has 20 heavy (non-hydrogen) atoms. The van der Waals surface area contributed by atoms with Gasteiger partial charge in [-0.25, -0.2) is 9.62 Å². The minimum atomic E-state index is 0.252. The number of nitrogens with two attached hydrogens (primary N) is 1. The van der Waals surface area contributed by atoms with Crippen LogP contribution in [0, 0.1) is 0 Å². The molecule has 0 amide bonds.